The molecule has 4 rings (SSSR count). The van der Waals surface area contributed by atoms with Crippen molar-refractivity contribution in [2.45, 2.75) is 55.5 Å². The molecule has 1 saturated heterocycles. The molecule has 0 aromatic carbocycles. The van der Waals surface area contributed by atoms with E-state index in [0.29, 0.717) is 33.5 Å². The Morgan fingerprint density at radius 2 is 2.18 bits per heavy atom. The normalized spacial score (nSPS) is 29.5. The molecule has 154 valence electrons. The summed E-state index contributed by atoms with van der Waals surface area (Å²) in [7, 11) is 0. The lowest BCUT2D eigenvalue weighted by molar-refractivity contribution is -0.0457. The van der Waals surface area contributed by atoms with Crippen molar-refractivity contribution in [1.29, 1.82) is 0 Å². The van der Waals surface area contributed by atoms with E-state index < -0.39 is 31.2 Å². The second kappa shape index (κ2) is 8.48. The number of ether oxygens (including phenoxy) is 2. The van der Waals surface area contributed by atoms with Gasteiger partial charge in [-0.2, -0.15) is 0 Å². The van der Waals surface area contributed by atoms with Crippen molar-refractivity contribution in [2.75, 3.05) is 12.3 Å². The number of aliphatic hydroxyl groups excluding tert-OH is 2. The minimum atomic E-state index is -1.61. The van der Waals surface area contributed by atoms with E-state index in [2.05, 4.69) is 32.6 Å². The molecule has 0 spiro atoms. The molecule has 0 bridgehead atoms. The predicted octanol–water partition coefficient (Wildman–Crippen LogP) is 2.28. The van der Waals surface area contributed by atoms with Gasteiger partial charge in [0.1, 0.15) is 30.0 Å². The number of hydrogen-bond acceptors (Lipinski definition) is 6. The highest BCUT2D eigenvalue weighted by atomic mass is 127. The van der Waals surface area contributed by atoms with Gasteiger partial charge in [-0.05, 0) is 35.4 Å². The van der Waals surface area contributed by atoms with Crippen molar-refractivity contribution in [3.63, 3.8) is 0 Å². The molecule has 4 N–H and O–H groups in total. The number of thiol groups is 1. The Balaban J connectivity index is 1.60. The Labute approximate surface area is 178 Å². The maximum Gasteiger partial charge on any atom is 0.205 e. The van der Waals surface area contributed by atoms with Crippen LogP contribution in [0.15, 0.2) is 12.5 Å². The fourth-order valence-corrected chi connectivity index (χ4v) is 5.74. The number of alkyl halides is 1. The molecule has 1 aliphatic carbocycles. The third kappa shape index (κ3) is 3.79. The largest absolute Gasteiger partial charge is 0.394 e. The summed E-state index contributed by atoms with van der Waals surface area (Å²) < 4.78 is 28.8. The number of halogens is 2. The Morgan fingerprint density at radius 1 is 1.43 bits per heavy atom. The van der Waals surface area contributed by atoms with Gasteiger partial charge >= 0.3 is 0 Å². The topological polar surface area (TPSA) is 116 Å². The molecule has 0 radical (unpaired) electrons. The first-order valence-corrected chi connectivity index (χ1v) is 11.1. The third-order valence-corrected chi connectivity index (χ3v) is 7.20. The van der Waals surface area contributed by atoms with Gasteiger partial charge < -0.3 is 30.0 Å². The molecule has 2 aromatic heterocycles. The molecule has 1 aliphatic heterocycles. The zero-order valence-electron chi connectivity index (χ0n) is 14.9. The molecule has 0 unspecified atom stereocenters. The highest BCUT2D eigenvalue weighted by Gasteiger charge is 2.48. The lowest BCUT2D eigenvalue weighted by Gasteiger charge is -2.18. The number of aromatic nitrogens is 3. The van der Waals surface area contributed by atoms with Gasteiger partial charge in [0.15, 0.2) is 12.4 Å². The molecular formula is C17H22FIN4O4S. The average molecular weight is 524 g/mol. The van der Waals surface area contributed by atoms with E-state index in [0.717, 1.165) is 29.3 Å². The summed E-state index contributed by atoms with van der Waals surface area (Å²) in [6.07, 6.45) is 2.62. The number of hydrogen-bond donors (Lipinski definition) is 4. The van der Waals surface area contributed by atoms with E-state index in [1.807, 2.05) is 0 Å². The van der Waals surface area contributed by atoms with Crippen molar-refractivity contribution < 1.29 is 24.1 Å². The van der Waals surface area contributed by atoms with Crippen LogP contribution in [0.1, 0.15) is 31.9 Å². The van der Waals surface area contributed by atoms with Crippen LogP contribution in [-0.2, 0) is 9.47 Å². The van der Waals surface area contributed by atoms with Crippen LogP contribution in [0.4, 0.5) is 10.2 Å². The maximum absolute atomic E-state index is 15.3. The summed E-state index contributed by atoms with van der Waals surface area (Å²) in [5.74, 6) is 0.300. The van der Waals surface area contributed by atoms with Crippen molar-refractivity contribution in [3.8, 4) is 0 Å². The maximum atomic E-state index is 15.3. The van der Waals surface area contributed by atoms with E-state index in [1.165, 1.54) is 10.9 Å². The fraction of sp³-hybridized carbons (Fsp3) is 0.588. The van der Waals surface area contributed by atoms with E-state index in [4.69, 9.17) is 15.2 Å². The number of fused-ring (bicyclic) bond motifs is 1. The van der Waals surface area contributed by atoms with Gasteiger partial charge in [0.2, 0.25) is 5.24 Å². The Morgan fingerprint density at radius 3 is 2.89 bits per heavy atom. The number of nitrogens with two attached hydrogens (primary N) is 1. The van der Waals surface area contributed by atoms with Crippen molar-refractivity contribution in [2.24, 2.45) is 0 Å². The Bertz CT molecular complexity index is 891. The molecular weight excluding hydrogens is 502 g/mol. The minimum absolute atomic E-state index is 0.222. The van der Waals surface area contributed by atoms with Gasteiger partial charge in [0, 0.05) is 15.0 Å². The zero-order valence-corrected chi connectivity index (χ0v) is 18.0. The standard InChI is InChI=1S/C17H22FIN4O4S/c18-12-13(27-17(25)28-8-3-1-2-4-8)10(6-24)26-16(12)23-5-9(19)11-14(20)21-7-22-15(11)23/h5,7-8,10,12-13,16,24-25,28H,1-4,6H2,(H2,20,21,22)/t10-,12+,13-,16-/m1/s1. The second-order valence-electron chi connectivity index (χ2n) is 6.97. The van der Waals surface area contributed by atoms with Gasteiger partial charge in [0.25, 0.3) is 0 Å². The van der Waals surface area contributed by atoms with E-state index in [9.17, 15) is 10.2 Å². The number of anilines is 1. The molecule has 0 amide bonds. The molecule has 28 heavy (non-hydrogen) atoms. The molecule has 4 atom stereocenters. The molecule has 2 aliphatic rings. The Hall–Kier alpha value is -0.860. The van der Waals surface area contributed by atoms with Crippen molar-refractivity contribution in [1.82, 2.24) is 14.5 Å². The van der Waals surface area contributed by atoms with Crippen LogP contribution >= 0.6 is 33.9 Å². The number of nitrogen functional groups attached to an aromatic ring is 1. The smallest absolute Gasteiger partial charge is 0.205 e. The zero-order chi connectivity index (χ0) is 19.8. The highest BCUT2D eigenvalue weighted by molar-refractivity contribution is 14.1. The van der Waals surface area contributed by atoms with Gasteiger partial charge in [-0.15, -0.1) is 11.4 Å². The van der Waals surface area contributed by atoms with Gasteiger partial charge in [-0.25, -0.2) is 14.4 Å². The molecule has 3 heterocycles. The van der Waals surface area contributed by atoms with Crippen molar-refractivity contribution in [3.05, 3.63) is 16.1 Å². The molecule has 8 nitrogen and oxygen atoms in total. The van der Waals surface area contributed by atoms with Gasteiger partial charge in [-0.3, -0.25) is 0 Å². The molecule has 2 aromatic rings. The molecule has 2 fully saturated rings. The van der Waals surface area contributed by atoms with Crippen LogP contribution < -0.4 is 5.73 Å². The second-order valence-corrected chi connectivity index (χ2v) is 9.50. The predicted molar refractivity (Wildman–Crippen MR) is 114 cm³/mol. The van der Waals surface area contributed by atoms with Crippen LogP contribution in [0.25, 0.3) is 11.0 Å². The first-order valence-electron chi connectivity index (χ1n) is 9.10. The summed E-state index contributed by atoms with van der Waals surface area (Å²) in [4.78, 5) is 8.18. The minimum Gasteiger partial charge on any atom is -0.394 e. The summed E-state index contributed by atoms with van der Waals surface area (Å²) in [5.41, 5.74) is 6.37. The van der Waals surface area contributed by atoms with Crippen LogP contribution in [0.3, 0.4) is 0 Å². The summed E-state index contributed by atoms with van der Waals surface area (Å²) in [6.45, 7) is -0.428. The lowest BCUT2D eigenvalue weighted by Crippen LogP contribution is -2.35. The lowest BCUT2D eigenvalue weighted by atomic mass is 10.1. The first kappa shape index (κ1) is 20.4. The summed E-state index contributed by atoms with van der Waals surface area (Å²) in [5, 5.41) is 20.6. The average Bonchev–Trinajstić information content (AvgIpc) is 3.36. The summed E-state index contributed by atoms with van der Waals surface area (Å²) >= 11 is 2.75. The number of rotatable bonds is 4. The van der Waals surface area contributed by atoms with E-state index in [1.54, 1.807) is 6.20 Å². The van der Waals surface area contributed by atoms with Crippen LogP contribution in [0, 0.1) is 3.57 Å². The summed E-state index contributed by atoms with van der Waals surface area (Å²) in [6, 6.07) is 0. The third-order valence-electron chi connectivity index (χ3n) is 5.17. The van der Waals surface area contributed by atoms with Crippen LogP contribution in [-0.4, -0.2) is 60.2 Å². The van der Waals surface area contributed by atoms with Crippen LogP contribution in [0.2, 0.25) is 0 Å². The number of nitrogens with zero attached hydrogens (tertiary/aromatic N) is 3. The van der Waals surface area contributed by atoms with Crippen LogP contribution in [0.5, 0.6) is 0 Å². The van der Waals surface area contributed by atoms with Gasteiger partial charge in [-0.1, -0.05) is 12.8 Å². The number of aliphatic hydroxyl groups is 2. The quantitative estimate of drug-likeness (QED) is 0.276. The highest BCUT2D eigenvalue weighted by Crippen LogP contribution is 2.38. The van der Waals surface area contributed by atoms with Crippen molar-refractivity contribution >= 4 is 56.0 Å². The van der Waals surface area contributed by atoms with E-state index >= 15 is 4.39 Å². The fourth-order valence-electron chi connectivity index (χ4n) is 3.80. The molecule has 1 saturated carbocycles. The molecule has 11 heteroatoms. The monoisotopic (exact) mass is 524 g/mol. The van der Waals surface area contributed by atoms with E-state index in [-0.39, 0.29) is 5.24 Å². The first-order chi connectivity index (χ1) is 13.5. The van der Waals surface area contributed by atoms with Gasteiger partial charge in [0.05, 0.1) is 12.0 Å². The Kier molecular flexibility index (Phi) is 6.18. The SMILES string of the molecule is Nc1ncnc2c1c(I)cn2[C@@H]1O[C@H](CO)[C@@H](OC(O)=[SH]C2CCCC2)[C@@H]1F.